The third-order valence-electron chi connectivity index (χ3n) is 5.02. The van der Waals surface area contributed by atoms with E-state index in [4.69, 9.17) is 10.5 Å². The second-order valence-corrected chi connectivity index (χ2v) is 8.29. The number of nitrogens with one attached hydrogen (secondary N) is 1. The SMILES string of the molecule is C[C@H](OC(=O)C1=NN(c2ccc(F)cc2)[C@@H](C(N)=O)C1)C(=O)Nc1nc(-c2ccccc2)cs1. The van der Waals surface area contributed by atoms with Gasteiger partial charge in [-0.15, -0.1) is 11.3 Å². The number of benzene rings is 2. The molecule has 0 aliphatic carbocycles. The highest BCUT2D eigenvalue weighted by Crippen LogP contribution is 2.26. The van der Waals surface area contributed by atoms with Crippen molar-refractivity contribution in [1.82, 2.24) is 4.98 Å². The molecular weight excluding hydrogens is 461 g/mol. The lowest BCUT2D eigenvalue weighted by molar-refractivity contribution is -0.146. The zero-order valence-electron chi connectivity index (χ0n) is 18.0. The van der Waals surface area contributed by atoms with Crippen molar-refractivity contribution in [3.8, 4) is 11.3 Å². The number of ether oxygens (including phenoxy) is 1. The maximum Gasteiger partial charge on any atom is 0.355 e. The summed E-state index contributed by atoms with van der Waals surface area (Å²) in [5.41, 5.74) is 7.38. The number of thiazole rings is 1. The smallest absolute Gasteiger partial charge is 0.355 e. The Bertz CT molecular complexity index is 1250. The number of rotatable bonds is 7. The van der Waals surface area contributed by atoms with Gasteiger partial charge in [-0.2, -0.15) is 5.10 Å². The monoisotopic (exact) mass is 481 g/mol. The lowest BCUT2D eigenvalue weighted by Gasteiger charge is -2.20. The second kappa shape index (κ2) is 9.79. The molecule has 0 radical (unpaired) electrons. The number of carbonyl (C=O) groups is 3. The summed E-state index contributed by atoms with van der Waals surface area (Å²) in [6, 6.07) is 13.8. The normalized spacial score (nSPS) is 16.0. The maximum atomic E-state index is 13.2. The maximum absolute atomic E-state index is 13.2. The van der Waals surface area contributed by atoms with Gasteiger partial charge in [-0.25, -0.2) is 14.2 Å². The summed E-state index contributed by atoms with van der Waals surface area (Å²) in [4.78, 5) is 41.4. The van der Waals surface area contributed by atoms with E-state index in [-0.39, 0.29) is 12.1 Å². The molecule has 0 saturated carbocycles. The number of nitrogens with two attached hydrogens (primary N) is 1. The van der Waals surface area contributed by atoms with Gasteiger partial charge < -0.3 is 10.5 Å². The van der Waals surface area contributed by atoms with E-state index >= 15 is 0 Å². The number of esters is 1. The molecule has 3 N–H and O–H groups in total. The number of amides is 2. The summed E-state index contributed by atoms with van der Waals surface area (Å²) in [7, 11) is 0. The van der Waals surface area contributed by atoms with Crippen molar-refractivity contribution in [1.29, 1.82) is 0 Å². The van der Waals surface area contributed by atoms with Crippen LogP contribution in [0.15, 0.2) is 65.1 Å². The highest BCUT2D eigenvalue weighted by molar-refractivity contribution is 7.14. The fourth-order valence-corrected chi connectivity index (χ4v) is 3.97. The lowest BCUT2D eigenvalue weighted by Crippen LogP contribution is -2.39. The molecule has 0 unspecified atom stereocenters. The number of carbonyl (C=O) groups excluding carboxylic acids is 3. The molecular formula is C23H20FN5O4S. The summed E-state index contributed by atoms with van der Waals surface area (Å²) in [6.45, 7) is 1.41. The molecule has 174 valence electrons. The Morgan fingerprint density at radius 1 is 1.18 bits per heavy atom. The summed E-state index contributed by atoms with van der Waals surface area (Å²) >= 11 is 1.24. The van der Waals surface area contributed by atoms with Crippen molar-refractivity contribution >= 4 is 45.7 Å². The van der Waals surface area contributed by atoms with Crippen LogP contribution in [0.3, 0.4) is 0 Å². The summed E-state index contributed by atoms with van der Waals surface area (Å²) in [5, 5.41) is 10.2. The zero-order valence-corrected chi connectivity index (χ0v) is 18.8. The van der Waals surface area contributed by atoms with Crippen LogP contribution in [0.5, 0.6) is 0 Å². The van der Waals surface area contributed by atoms with Crippen molar-refractivity contribution in [3.05, 3.63) is 65.8 Å². The summed E-state index contributed by atoms with van der Waals surface area (Å²) < 4.78 is 18.5. The third kappa shape index (κ3) is 5.09. The van der Waals surface area contributed by atoms with E-state index in [1.54, 1.807) is 0 Å². The Morgan fingerprint density at radius 3 is 2.56 bits per heavy atom. The number of hydrazone groups is 1. The van der Waals surface area contributed by atoms with Crippen LogP contribution < -0.4 is 16.1 Å². The van der Waals surface area contributed by atoms with Crippen LogP contribution in [-0.4, -0.2) is 40.6 Å². The minimum absolute atomic E-state index is 0.0756. The van der Waals surface area contributed by atoms with Gasteiger partial charge in [0.1, 0.15) is 17.6 Å². The zero-order chi connectivity index (χ0) is 24.2. The van der Waals surface area contributed by atoms with E-state index < -0.39 is 35.7 Å². The fourth-order valence-electron chi connectivity index (χ4n) is 3.25. The van der Waals surface area contributed by atoms with Crippen molar-refractivity contribution in [2.75, 3.05) is 10.3 Å². The molecule has 0 fully saturated rings. The first kappa shape index (κ1) is 23.1. The Morgan fingerprint density at radius 2 is 1.88 bits per heavy atom. The molecule has 0 saturated heterocycles. The predicted molar refractivity (Wildman–Crippen MR) is 126 cm³/mol. The van der Waals surface area contributed by atoms with Gasteiger partial charge in [0, 0.05) is 17.4 Å². The van der Waals surface area contributed by atoms with E-state index in [1.807, 2.05) is 35.7 Å². The molecule has 2 amide bonds. The molecule has 2 atom stereocenters. The first-order chi connectivity index (χ1) is 16.3. The standard InChI is InChI=1S/C23H20FN5O4S/c1-13(21(31)27-23-26-18(12-34-23)14-5-3-2-4-6-14)33-22(32)17-11-19(20(25)30)29(28-17)16-9-7-15(24)8-10-16/h2-10,12-13,19H,11H2,1H3,(H2,25,30)(H,26,27,31)/t13-,19+/m0/s1. The van der Waals surface area contributed by atoms with Gasteiger partial charge in [0.05, 0.1) is 11.4 Å². The van der Waals surface area contributed by atoms with Crippen LogP contribution in [-0.2, 0) is 19.1 Å². The Labute approximate surface area is 198 Å². The molecule has 1 aromatic heterocycles. The van der Waals surface area contributed by atoms with Gasteiger partial charge >= 0.3 is 5.97 Å². The quantitative estimate of drug-likeness (QED) is 0.500. The summed E-state index contributed by atoms with van der Waals surface area (Å²) in [5.74, 6) is -2.59. The van der Waals surface area contributed by atoms with E-state index in [2.05, 4.69) is 15.4 Å². The van der Waals surface area contributed by atoms with Gasteiger partial charge in [0.25, 0.3) is 5.91 Å². The molecule has 11 heteroatoms. The van der Waals surface area contributed by atoms with Gasteiger partial charge in [-0.3, -0.25) is 19.9 Å². The number of aromatic nitrogens is 1. The highest BCUT2D eigenvalue weighted by Gasteiger charge is 2.36. The molecule has 1 aliphatic rings. The topological polar surface area (TPSA) is 127 Å². The van der Waals surface area contributed by atoms with E-state index in [0.29, 0.717) is 16.5 Å². The first-order valence-electron chi connectivity index (χ1n) is 10.3. The van der Waals surface area contributed by atoms with Gasteiger partial charge in [-0.05, 0) is 31.2 Å². The largest absolute Gasteiger partial charge is 0.448 e. The van der Waals surface area contributed by atoms with Gasteiger partial charge in [0.15, 0.2) is 11.2 Å². The van der Waals surface area contributed by atoms with Crippen LogP contribution in [0.4, 0.5) is 15.2 Å². The third-order valence-corrected chi connectivity index (χ3v) is 5.78. The van der Waals surface area contributed by atoms with E-state index in [0.717, 1.165) is 5.56 Å². The van der Waals surface area contributed by atoms with Crippen LogP contribution >= 0.6 is 11.3 Å². The molecule has 9 nitrogen and oxygen atoms in total. The van der Waals surface area contributed by atoms with E-state index in [9.17, 15) is 18.8 Å². The second-order valence-electron chi connectivity index (χ2n) is 7.43. The van der Waals surface area contributed by atoms with Crippen molar-refractivity contribution in [2.45, 2.75) is 25.5 Å². The Kier molecular flexibility index (Phi) is 6.64. The first-order valence-corrected chi connectivity index (χ1v) is 11.1. The minimum atomic E-state index is -1.15. The van der Waals surface area contributed by atoms with Crippen LogP contribution in [0.25, 0.3) is 11.3 Å². The molecule has 4 rings (SSSR count). The highest BCUT2D eigenvalue weighted by atomic mass is 32.1. The summed E-state index contributed by atoms with van der Waals surface area (Å²) in [6.07, 6.45) is -1.25. The van der Waals surface area contributed by atoms with E-state index in [1.165, 1.54) is 47.5 Å². The fraction of sp³-hybridized carbons (Fsp3) is 0.174. The average Bonchev–Trinajstić information content (AvgIpc) is 3.48. The molecule has 1 aliphatic heterocycles. The average molecular weight is 482 g/mol. The number of hydrogen-bond acceptors (Lipinski definition) is 8. The Hall–Kier alpha value is -4.12. The molecule has 2 aromatic carbocycles. The van der Waals surface area contributed by atoms with Crippen molar-refractivity contribution in [3.63, 3.8) is 0 Å². The van der Waals surface area contributed by atoms with Crippen LogP contribution in [0.1, 0.15) is 13.3 Å². The molecule has 0 spiro atoms. The van der Waals surface area contributed by atoms with Gasteiger partial charge in [-0.1, -0.05) is 30.3 Å². The number of primary amides is 1. The predicted octanol–water partition coefficient (Wildman–Crippen LogP) is 2.94. The lowest BCUT2D eigenvalue weighted by atomic mass is 10.1. The number of hydrogen-bond donors (Lipinski definition) is 2. The van der Waals surface area contributed by atoms with Crippen LogP contribution in [0.2, 0.25) is 0 Å². The number of anilines is 2. The number of halogens is 1. The van der Waals surface area contributed by atoms with Crippen LogP contribution in [0, 0.1) is 5.82 Å². The molecule has 0 bridgehead atoms. The molecule has 3 aromatic rings. The molecule has 34 heavy (non-hydrogen) atoms. The minimum Gasteiger partial charge on any atom is -0.448 e. The Balaban J connectivity index is 1.40. The van der Waals surface area contributed by atoms with Crippen molar-refractivity contribution in [2.24, 2.45) is 10.8 Å². The van der Waals surface area contributed by atoms with Gasteiger partial charge in [0.2, 0.25) is 5.91 Å². The van der Waals surface area contributed by atoms with Crippen molar-refractivity contribution < 1.29 is 23.5 Å². The molecule has 2 heterocycles. The number of nitrogens with zero attached hydrogens (tertiary/aromatic N) is 3.